The van der Waals surface area contributed by atoms with Crippen LogP contribution in [0.4, 0.5) is 5.69 Å². The number of rotatable bonds is 9. The predicted molar refractivity (Wildman–Crippen MR) is 80.8 cm³/mol. The van der Waals surface area contributed by atoms with Gasteiger partial charge in [-0.25, -0.2) is 0 Å². The first-order valence-corrected chi connectivity index (χ1v) is 7.31. The Morgan fingerprint density at radius 1 is 1.21 bits per heavy atom. The number of hydrogen-bond acceptors (Lipinski definition) is 4. The fourth-order valence-corrected chi connectivity index (χ4v) is 2.06. The number of ether oxygens (including phenoxy) is 3. The first kappa shape index (κ1) is 16.3. The third-order valence-electron chi connectivity index (χ3n) is 2.57. The SMILES string of the molecule is CCOC(CCNc1cc(OC)ccc1Br)OCC. The zero-order chi connectivity index (χ0) is 14.1. The van der Waals surface area contributed by atoms with Crippen molar-refractivity contribution in [2.24, 2.45) is 0 Å². The maximum absolute atomic E-state index is 5.50. The van der Waals surface area contributed by atoms with E-state index in [1.807, 2.05) is 32.0 Å². The second-order valence-corrected chi connectivity index (χ2v) is 4.76. The number of nitrogens with one attached hydrogen (secondary N) is 1. The molecule has 0 aliphatic heterocycles. The van der Waals surface area contributed by atoms with E-state index in [9.17, 15) is 0 Å². The van der Waals surface area contributed by atoms with Gasteiger partial charge < -0.3 is 19.5 Å². The van der Waals surface area contributed by atoms with Gasteiger partial charge in [0, 0.05) is 36.7 Å². The summed E-state index contributed by atoms with van der Waals surface area (Å²) in [6.07, 6.45) is 0.651. The van der Waals surface area contributed by atoms with E-state index in [4.69, 9.17) is 14.2 Å². The van der Waals surface area contributed by atoms with Crippen LogP contribution >= 0.6 is 15.9 Å². The smallest absolute Gasteiger partial charge is 0.159 e. The van der Waals surface area contributed by atoms with Crippen LogP contribution in [0.25, 0.3) is 0 Å². The van der Waals surface area contributed by atoms with Gasteiger partial charge in [0.25, 0.3) is 0 Å². The third kappa shape index (κ3) is 5.80. The average Bonchev–Trinajstić information content (AvgIpc) is 2.41. The maximum Gasteiger partial charge on any atom is 0.159 e. The van der Waals surface area contributed by atoms with E-state index in [-0.39, 0.29) is 6.29 Å². The van der Waals surface area contributed by atoms with Crippen LogP contribution in [0, 0.1) is 0 Å². The van der Waals surface area contributed by atoms with E-state index in [0.29, 0.717) is 13.2 Å². The van der Waals surface area contributed by atoms with Crippen LogP contribution < -0.4 is 10.1 Å². The van der Waals surface area contributed by atoms with E-state index < -0.39 is 0 Å². The van der Waals surface area contributed by atoms with Gasteiger partial charge in [-0.2, -0.15) is 0 Å². The summed E-state index contributed by atoms with van der Waals surface area (Å²) in [4.78, 5) is 0. The van der Waals surface area contributed by atoms with Gasteiger partial charge in [-0.05, 0) is 41.9 Å². The molecule has 0 aromatic heterocycles. The van der Waals surface area contributed by atoms with Crippen molar-refractivity contribution >= 4 is 21.6 Å². The van der Waals surface area contributed by atoms with Crippen molar-refractivity contribution in [3.8, 4) is 5.75 Å². The van der Waals surface area contributed by atoms with Crippen LogP contribution in [0.3, 0.4) is 0 Å². The van der Waals surface area contributed by atoms with Crippen LogP contribution in [0.1, 0.15) is 20.3 Å². The van der Waals surface area contributed by atoms with E-state index >= 15 is 0 Å². The van der Waals surface area contributed by atoms with Crippen LogP contribution in [-0.2, 0) is 9.47 Å². The molecule has 1 aromatic rings. The minimum Gasteiger partial charge on any atom is -0.497 e. The summed E-state index contributed by atoms with van der Waals surface area (Å²) in [6.45, 7) is 6.04. The molecule has 1 aromatic carbocycles. The molecule has 0 saturated carbocycles. The highest BCUT2D eigenvalue weighted by molar-refractivity contribution is 9.10. The van der Waals surface area contributed by atoms with Gasteiger partial charge >= 0.3 is 0 Å². The zero-order valence-corrected chi connectivity index (χ0v) is 13.3. The van der Waals surface area contributed by atoms with E-state index in [2.05, 4.69) is 21.2 Å². The molecule has 1 N–H and O–H groups in total. The van der Waals surface area contributed by atoms with Crippen LogP contribution in [0.15, 0.2) is 22.7 Å². The summed E-state index contributed by atoms with van der Waals surface area (Å²) >= 11 is 3.51. The molecular weight excluding hydrogens is 310 g/mol. The Balaban J connectivity index is 2.47. The van der Waals surface area contributed by atoms with Crippen molar-refractivity contribution in [3.63, 3.8) is 0 Å². The third-order valence-corrected chi connectivity index (χ3v) is 3.27. The molecule has 0 fully saturated rings. The number of halogens is 1. The highest BCUT2D eigenvalue weighted by Gasteiger charge is 2.08. The number of methoxy groups -OCH3 is 1. The molecule has 0 amide bonds. The van der Waals surface area contributed by atoms with Crippen molar-refractivity contribution in [2.45, 2.75) is 26.6 Å². The fraction of sp³-hybridized carbons (Fsp3) is 0.571. The molecule has 0 aliphatic rings. The summed E-state index contributed by atoms with van der Waals surface area (Å²) in [5.41, 5.74) is 1.01. The largest absolute Gasteiger partial charge is 0.497 e. The quantitative estimate of drug-likeness (QED) is 0.701. The molecule has 0 aliphatic carbocycles. The summed E-state index contributed by atoms with van der Waals surface area (Å²) in [6, 6.07) is 5.84. The summed E-state index contributed by atoms with van der Waals surface area (Å²) < 4.78 is 17.2. The van der Waals surface area contributed by atoms with Crippen molar-refractivity contribution in [1.82, 2.24) is 0 Å². The Morgan fingerprint density at radius 2 is 1.89 bits per heavy atom. The zero-order valence-electron chi connectivity index (χ0n) is 11.7. The van der Waals surface area contributed by atoms with Crippen molar-refractivity contribution in [1.29, 1.82) is 0 Å². The second-order valence-electron chi connectivity index (χ2n) is 3.90. The topological polar surface area (TPSA) is 39.7 Å². The monoisotopic (exact) mass is 331 g/mol. The van der Waals surface area contributed by atoms with Gasteiger partial charge in [-0.1, -0.05) is 0 Å². The van der Waals surface area contributed by atoms with Crippen molar-refractivity contribution in [3.05, 3.63) is 22.7 Å². The lowest BCUT2D eigenvalue weighted by Crippen LogP contribution is -2.21. The Bertz CT molecular complexity index is 368. The van der Waals surface area contributed by atoms with Crippen molar-refractivity contribution in [2.75, 3.05) is 32.2 Å². The Morgan fingerprint density at radius 3 is 2.47 bits per heavy atom. The molecule has 1 rings (SSSR count). The van der Waals surface area contributed by atoms with Gasteiger partial charge in [0.15, 0.2) is 6.29 Å². The molecule has 19 heavy (non-hydrogen) atoms. The molecule has 108 valence electrons. The highest BCUT2D eigenvalue weighted by atomic mass is 79.9. The van der Waals surface area contributed by atoms with Crippen molar-refractivity contribution < 1.29 is 14.2 Å². The van der Waals surface area contributed by atoms with E-state index in [0.717, 1.165) is 28.9 Å². The molecule has 0 radical (unpaired) electrons. The lowest BCUT2D eigenvalue weighted by molar-refractivity contribution is -0.137. The number of hydrogen-bond donors (Lipinski definition) is 1. The standard InChI is InChI=1S/C14H22BrNO3/c1-4-18-14(19-5-2)8-9-16-13-10-11(17-3)6-7-12(13)15/h6-7,10,14,16H,4-5,8-9H2,1-3H3. The van der Waals surface area contributed by atoms with Gasteiger partial charge in [0.2, 0.25) is 0 Å². The summed E-state index contributed by atoms with van der Waals surface area (Å²) in [7, 11) is 1.66. The van der Waals surface area contributed by atoms with E-state index in [1.54, 1.807) is 7.11 Å². The summed E-state index contributed by atoms with van der Waals surface area (Å²) in [5, 5.41) is 3.35. The lowest BCUT2D eigenvalue weighted by atomic mass is 10.3. The predicted octanol–water partition coefficient (Wildman–Crippen LogP) is 3.66. The van der Waals surface area contributed by atoms with Crippen LogP contribution in [0.5, 0.6) is 5.75 Å². The Labute approximate surface area is 123 Å². The molecule has 0 unspecified atom stereocenters. The molecule has 4 nitrogen and oxygen atoms in total. The molecule has 5 heteroatoms. The molecular formula is C14H22BrNO3. The molecule has 0 bridgehead atoms. The Kier molecular flexibility index (Phi) is 7.86. The fourth-order valence-electron chi connectivity index (χ4n) is 1.68. The van der Waals surface area contributed by atoms with Crippen LogP contribution in [-0.4, -0.2) is 33.2 Å². The van der Waals surface area contributed by atoms with Gasteiger partial charge in [-0.15, -0.1) is 0 Å². The first-order chi connectivity index (χ1) is 9.21. The number of benzene rings is 1. The van der Waals surface area contributed by atoms with Crippen LogP contribution in [0.2, 0.25) is 0 Å². The number of anilines is 1. The van der Waals surface area contributed by atoms with Gasteiger partial charge in [-0.3, -0.25) is 0 Å². The summed E-state index contributed by atoms with van der Waals surface area (Å²) in [5.74, 6) is 0.830. The normalized spacial score (nSPS) is 10.8. The molecule has 0 heterocycles. The van der Waals surface area contributed by atoms with E-state index in [1.165, 1.54) is 0 Å². The van der Waals surface area contributed by atoms with Gasteiger partial charge in [0.05, 0.1) is 12.8 Å². The average molecular weight is 332 g/mol. The molecule has 0 atom stereocenters. The molecule has 0 spiro atoms. The maximum atomic E-state index is 5.50. The Hall–Kier alpha value is -0.780. The second kappa shape index (κ2) is 9.18. The minimum atomic E-state index is -0.146. The first-order valence-electron chi connectivity index (χ1n) is 6.51. The molecule has 0 saturated heterocycles. The minimum absolute atomic E-state index is 0.146. The lowest BCUT2D eigenvalue weighted by Gasteiger charge is -2.18. The highest BCUT2D eigenvalue weighted by Crippen LogP contribution is 2.27. The van der Waals surface area contributed by atoms with Gasteiger partial charge in [0.1, 0.15) is 5.75 Å².